The molecule has 0 spiro atoms. The maximum absolute atomic E-state index is 12.5. The van der Waals surface area contributed by atoms with Crippen LogP contribution in [0.15, 0.2) is 0 Å². The Morgan fingerprint density at radius 1 is 0.730 bits per heavy atom. The van der Waals surface area contributed by atoms with Crippen molar-refractivity contribution in [1.29, 1.82) is 0 Å². The molecule has 0 aromatic carbocycles. The molecule has 37 heavy (non-hydrogen) atoms. The summed E-state index contributed by atoms with van der Waals surface area (Å²) in [6, 6.07) is -5.45. The second-order valence-electron chi connectivity index (χ2n) is 8.58. The summed E-state index contributed by atoms with van der Waals surface area (Å²) in [5.41, 5.74) is 5.43. The number of aliphatic hydroxyl groups is 1. The summed E-state index contributed by atoms with van der Waals surface area (Å²) < 4.78 is 0. The van der Waals surface area contributed by atoms with E-state index in [1.165, 1.54) is 0 Å². The first-order chi connectivity index (χ1) is 17.2. The van der Waals surface area contributed by atoms with E-state index in [0.29, 0.717) is 0 Å². The maximum atomic E-state index is 12.5. The van der Waals surface area contributed by atoms with Crippen LogP contribution in [0.2, 0.25) is 0 Å². The van der Waals surface area contributed by atoms with E-state index in [1.54, 1.807) is 13.8 Å². The first kappa shape index (κ1) is 33.2. The summed E-state index contributed by atoms with van der Waals surface area (Å²) in [4.78, 5) is 82.4. The third-order valence-electron chi connectivity index (χ3n) is 4.86. The smallest absolute Gasteiger partial charge is 0.326 e. The molecule has 10 N–H and O–H groups in total. The summed E-state index contributed by atoms with van der Waals surface area (Å²) >= 11 is 0. The molecule has 0 unspecified atom stereocenters. The largest absolute Gasteiger partial charge is 0.481 e. The van der Waals surface area contributed by atoms with E-state index in [9.17, 15) is 38.7 Å². The molecule has 0 fully saturated rings. The molecule has 0 aromatic heterocycles. The number of rotatable bonds is 18. The minimum Gasteiger partial charge on any atom is -0.481 e. The highest BCUT2D eigenvalue weighted by Crippen LogP contribution is 2.06. The van der Waals surface area contributed by atoms with Crippen LogP contribution < -0.4 is 27.0 Å². The summed E-state index contributed by atoms with van der Waals surface area (Å²) in [6.45, 7) is 2.23. The number of nitrogens with two attached hydrogens (primary N) is 1. The average molecular weight is 534 g/mol. The number of aliphatic hydroxyl groups excluding tert-OH is 1. The highest BCUT2D eigenvalue weighted by molar-refractivity contribution is 5.94. The number of aliphatic carboxylic acids is 3. The van der Waals surface area contributed by atoms with Gasteiger partial charge in [-0.05, 0) is 25.2 Å². The number of carbonyl (C=O) groups excluding carboxylic acids is 4. The van der Waals surface area contributed by atoms with E-state index in [0.717, 1.165) is 0 Å². The Labute approximate surface area is 212 Å². The third-order valence-corrected chi connectivity index (χ3v) is 4.86. The summed E-state index contributed by atoms with van der Waals surface area (Å²) in [7, 11) is 0. The normalized spacial score (nSPS) is 14.0. The van der Waals surface area contributed by atoms with Gasteiger partial charge in [-0.1, -0.05) is 13.8 Å². The van der Waals surface area contributed by atoms with E-state index in [2.05, 4.69) is 21.3 Å². The fourth-order valence-electron chi connectivity index (χ4n) is 2.93. The van der Waals surface area contributed by atoms with Crippen molar-refractivity contribution in [2.75, 3.05) is 13.2 Å². The molecular weight excluding hydrogens is 498 g/mol. The second kappa shape index (κ2) is 16.8. The van der Waals surface area contributed by atoms with Gasteiger partial charge in [-0.2, -0.15) is 0 Å². The molecule has 0 heterocycles. The van der Waals surface area contributed by atoms with Crippen LogP contribution in [0.25, 0.3) is 0 Å². The molecule has 16 nitrogen and oxygen atoms in total. The molecule has 0 bridgehead atoms. The predicted octanol–water partition coefficient (Wildman–Crippen LogP) is -3.26. The Kier molecular flexibility index (Phi) is 15.1. The van der Waals surface area contributed by atoms with Gasteiger partial charge in [0.15, 0.2) is 0 Å². The van der Waals surface area contributed by atoms with Crippen LogP contribution >= 0.6 is 0 Å². The average Bonchev–Trinajstić information content (AvgIpc) is 2.80. The molecule has 0 saturated heterocycles. The Morgan fingerprint density at radius 3 is 1.70 bits per heavy atom. The zero-order valence-electron chi connectivity index (χ0n) is 20.6. The predicted molar refractivity (Wildman–Crippen MR) is 125 cm³/mol. The van der Waals surface area contributed by atoms with Crippen molar-refractivity contribution in [3.05, 3.63) is 0 Å². The molecule has 0 saturated carbocycles. The van der Waals surface area contributed by atoms with Crippen molar-refractivity contribution >= 4 is 41.5 Å². The number of hydrogen-bond acceptors (Lipinski definition) is 9. The molecule has 4 amide bonds. The fourth-order valence-corrected chi connectivity index (χ4v) is 2.93. The number of amides is 4. The van der Waals surface area contributed by atoms with Gasteiger partial charge in [-0.25, -0.2) is 4.79 Å². The summed E-state index contributed by atoms with van der Waals surface area (Å²) in [5.74, 6) is -7.68. The quantitative estimate of drug-likeness (QED) is 0.0839. The number of hydrogen-bond donors (Lipinski definition) is 9. The fraction of sp³-hybridized carbons (Fsp3) is 0.667. The first-order valence-corrected chi connectivity index (χ1v) is 11.4. The van der Waals surface area contributed by atoms with Gasteiger partial charge < -0.3 is 47.4 Å². The highest BCUT2D eigenvalue weighted by Gasteiger charge is 2.28. The Hall–Kier alpha value is -3.79. The van der Waals surface area contributed by atoms with Gasteiger partial charge >= 0.3 is 17.9 Å². The molecule has 210 valence electrons. The Balaban J connectivity index is 5.26. The highest BCUT2D eigenvalue weighted by atomic mass is 16.4. The maximum Gasteiger partial charge on any atom is 0.326 e. The number of carboxylic acids is 3. The lowest BCUT2D eigenvalue weighted by molar-refractivity contribution is -0.144. The van der Waals surface area contributed by atoms with Crippen molar-refractivity contribution < 1.29 is 54.0 Å². The van der Waals surface area contributed by atoms with Crippen molar-refractivity contribution in [2.24, 2.45) is 11.7 Å². The minimum atomic E-state index is -1.60. The van der Waals surface area contributed by atoms with Gasteiger partial charge in [-0.3, -0.25) is 28.8 Å². The van der Waals surface area contributed by atoms with Crippen molar-refractivity contribution in [1.82, 2.24) is 21.3 Å². The van der Waals surface area contributed by atoms with Crippen molar-refractivity contribution in [2.45, 2.75) is 70.1 Å². The van der Waals surface area contributed by atoms with Crippen molar-refractivity contribution in [3.63, 3.8) is 0 Å². The van der Waals surface area contributed by atoms with Crippen LogP contribution in [-0.4, -0.2) is 99.3 Å². The van der Waals surface area contributed by atoms with Crippen LogP contribution in [0, 0.1) is 5.92 Å². The first-order valence-electron chi connectivity index (χ1n) is 11.4. The van der Waals surface area contributed by atoms with Gasteiger partial charge in [0.2, 0.25) is 23.6 Å². The molecule has 0 rings (SSSR count). The molecule has 0 radical (unpaired) electrons. The van der Waals surface area contributed by atoms with Gasteiger partial charge in [0, 0.05) is 12.8 Å². The minimum absolute atomic E-state index is 0.0531. The van der Waals surface area contributed by atoms with E-state index in [1.807, 2.05) is 0 Å². The lowest BCUT2D eigenvalue weighted by Crippen LogP contribution is -2.55. The van der Waals surface area contributed by atoms with Crippen molar-refractivity contribution in [3.8, 4) is 0 Å². The van der Waals surface area contributed by atoms with E-state index in [-0.39, 0.29) is 12.3 Å². The number of carboxylic acid groups (broad SMARTS) is 3. The molecule has 0 aliphatic rings. The van der Waals surface area contributed by atoms with Crippen LogP contribution in [0.4, 0.5) is 0 Å². The van der Waals surface area contributed by atoms with E-state index < -0.39 is 105 Å². The molecular formula is C21H35N5O11. The molecule has 0 aliphatic heterocycles. The molecule has 0 aromatic rings. The van der Waals surface area contributed by atoms with E-state index in [4.69, 9.17) is 21.1 Å². The van der Waals surface area contributed by atoms with Crippen LogP contribution in [-0.2, 0) is 33.6 Å². The molecule has 0 aliphatic carbocycles. The molecule has 16 heteroatoms. The summed E-state index contributed by atoms with van der Waals surface area (Å²) in [5, 5.41) is 44.8. The van der Waals surface area contributed by atoms with Gasteiger partial charge in [0.1, 0.15) is 24.2 Å². The van der Waals surface area contributed by atoms with Gasteiger partial charge in [0.05, 0.1) is 13.2 Å². The van der Waals surface area contributed by atoms with Crippen LogP contribution in [0.3, 0.4) is 0 Å². The Bertz CT molecular complexity index is 849. The van der Waals surface area contributed by atoms with E-state index >= 15 is 0 Å². The monoisotopic (exact) mass is 533 g/mol. The van der Waals surface area contributed by atoms with Crippen LogP contribution in [0.5, 0.6) is 0 Å². The third kappa shape index (κ3) is 14.4. The number of carbonyl (C=O) groups is 7. The molecule has 4 atom stereocenters. The van der Waals surface area contributed by atoms with Gasteiger partial charge in [-0.15, -0.1) is 0 Å². The standard InChI is InChI=1S/C21H35N5O11/c1-10(2)7-14(26-18(33)11(22)9-27)19(34)23-8-15(28)24-12(3-5-16(29)30)20(35)25-13(21(36)37)4-6-17(31)32/h10-14,27H,3-9,22H2,1-2H3,(H,23,34)(H,24,28)(H,25,35)(H,26,33)(H,29,30)(H,31,32)(H,36,37)/t11-,12-,13-,14-/m0/s1. The SMILES string of the molecule is CC(C)C[C@H](NC(=O)[C@@H](N)CO)C(=O)NCC(=O)N[C@@H](CCC(=O)O)C(=O)N[C@@H](CCC(=O)O)C(=O)O. The van der Waals surface area contributed by atoms with Gasteiger partial charge in [0.25, 0.3) is 0 Å². The lowest BCUT2D eigenvalue weighted by Gasteiger charge is -2.23. The lowest BCUT2D eigenvalue weighted by atomic mass is 10.0. The zero-order chi connectivity index (χ0) is 28.7. The number of nitrogens with one attached hydrogen (secondary N) is 4. The second-order valence-corrected chi connectivity index (χ2v) is 8.58. The summed E-state index contributed by atoms with van der Waals surface area (Å²) in [6.07, 6.45) is -1.82. The van der Waals surface area contributed by atoms with Crippen LogP contribution in [0.1, 0.15) is 46.0 Å². The zero-order valence-corrected chi connectivity index (χ0v) is 20.6. The topological polar surface area (TPSA) is 275 Å². The Morgan fingerprint density at radius 2 is 1.24 bits per heavy atom.